The summed E-state index contributed by atoms with van der Waals surface area (Å²) in [5, 5.41) is 8.71. The summed E-state index contributed by atoms with van der Waals surface area (Å²) < 4.78 is 25.1. The van der Waals surface area contributed by atoms with E-state index >= 15 is 0 Å². The highest BCUT2D eigenvalue weighted by atomic mass is 19.1. The summed E-state index contributed by atoms with van der Waals surface area (Å²) in [6.45, 7) is 3.17. The molecule has 1 fully saturated rings. The minimum atomic E-state index is -0.501. The van der Waals surface area contributed by atoms with Crippen molar-refractivity contribution in [1.82, 2.24) is 0 Å². The van der Waals surface area contributed by atoms with Gasteiger partial charge in [0.15, 0.2) is 0 Å². The second kappa shape index (κ2) is 7.37. The van der Waals surface area contributed by atoms with Crippen LogP contribution in [0.15, 0.2) is 18.2 Å². The standard InChI is InChI=1S/C16H20FNO2/c1-2-3-4-5-14-10-20-16(11-19-14)12-6-7-13(9-18)15(17)8-12/h6-8,14,16H,2-5,10-11H2,1H3/t14-,16-/m1/s1. The van der Waals surface area contributed by atoms with Crippen LogP contribution in [0, 0.1) is 17.1 Å². The van der Waals surface area contributed by atoms with Crippen molar-refractivity contribution in [1.29, 1.82) is 5.26 Å². The Morgan fingerprint density at radius 2 is 2.15 bits per heavy atom. The molecule has 0 amide bonds. The molecule has 0 radical (unpaired) electrons. The summed E-state index contributed by atoms with van der Waals surface area (Å²) in [5.41, 5.74) is 0.788. The summed E-state index contributed by atoms with van der Waals surface area (Å²) in [7, 11) is 0. The number of benzene rings is 1. The van der Waals surface area contributed by atoms with Crippen molar-refractivity contribution < 1.29 is 13.9 Å². The van der Waals surface area contributed by atoms with Crippen molar-refractivity contribution in [2.75, 3.05) is 13.2 Å². The average molecular weight is 277 g/mol. The maximum atomic E-state index is 13.6. The fourth-order valence-corrected chi connectivity index (χ4v) is 2.35. The van der Waals surface area contributed by atoms with E-state index in [2.05, 4.69) is 6.92 Å². The van der Waals surface area contributed by atoms with E-state index < -0.39 is 5.82 Å². The number of hydrogen-bond donors (Lipinski definition) is 0. The second-order valence-corrected chi connectivity index (χ2v) is 5.12. The Labute approximate surface area is 119 Å². The van der Waals surface area contributed by atoms with Gasteiger partial charge in [-0.15, -0.1) is 0 Å². The Balaban J connectivity index is 1.87. The third kappa shape index (κ3) is 3.78. The molecule has 1 aliphatic heterocycles. The lowest BCUT2D eigenvalue weighted by molar-refractivity contribution is -0.137. The molecule has 0 saturated carbocycles. The molecule has 1 aromatic carbocycles. The van der Waals surface area contributed by atoms with Gasteiger partial charge in [-0.3, -0.25) is 0 Å². The van der Waals surface area contributed by atoms with Crippen LogP contribution < -0.4 is 0 Å². The molecule has 1 aliphatic rings. The smallest absolute Gasteiger partial charge is 0.141 e. The molecule has 0 unspecified atom stereocenters. The predicted molar refractivity (Wildman–Crippen MR) is 73.7 cm³/mol. The van der Waals surface area contributed by atoms with E-state index in [9.17, 15) is 4.39 Å². The van der Waals surface area contributed by atoms with Crippen LogP contribution >= 0.6 is 0 Å². The van der Waals surface area contributed by atoms with Gasteiger partial charge in [0.05, 0.1) is 24.9 Å². The number of nitrogens with zero attached hydrogens (tertiary/aromatic N) is 1. The zero-order chi connectivity index (χ0) is 14.4. The molecule has 0 spiro atoms. The van der Waals surface area contributed by atoms with Gasteiger partial charge in [-0.25, -0.2) is 4.39 Å². The summed E-state index contributed by atoms with van der Waals surface area (Å²) in [4.78, 5) is 0. The van der Waals surface area contributed by atoms with Crippen LogP contribution in [-0.4, -0.2) is 19.3 Å². The molecule has 0 N–H and O–H groups in total. The van der Waals surface area contributed by atoms with Gasteiger partial charge in [0.25, 0.3) is 0 Å². The first-order valence-corrected chi connectivity index (χ1v) is 7.17. The van der Waals surface area contributed by atoms with Crippen molar-refractivity contribution in [3.63, 3.8) is 0 Å². The fraction of sp³-hybridized carbons (Fsp3) is 0.562. The van der Waals surface area contributed by atoms with Crippen LogP contribution in [0.1, 0.15) is 49.8 Å². The minimum Gasteiger partial charge on any atom is -0.373 e. The molecule has 20 heavy (non-hydrogen) atoms. The quantitative estimate of drug-likeness (QED) is 0.770. The van der Waals surface area contributed by atoms with Gasteiger partial charge >= 0.3 is 0 Å². The molecular weight excluding hydrogens is 257 g/mol. The van der Waals surface area contributed by atoms with E-state index in [1.54, 1.807) is 6.07 Å². The van der Waals surface area contributed by atoms with Crippen molar-refractivity contribution >= 4 is 0 Å². The maximum absolute atomic E-state index is 13.6. The largest absolute Gasteiger partial charge is 0.373 e. The van der Waals surface area contributed by atoms with Gasteiger partial charge < -0.3 is 9.47 Å². The number of nitriles is 1. The van der Waals surface area contributed by atoms with Gasteiger partial charge in [-0.2, -0.15) is 5.26 Å². The average Bonchev–Trinajstić information content (AvgIpc) is 2.48. The zero-order valence-electron chi connectivity index (χ0n) is 11.8. The van der Waals surface area contributed by atoms with Crippen LogP contribution in [0.25, 0.3) is 0 Å². The molecule has 1 heterocycles. The van der Waals surface area contributed by atoms with Crippen LogP contribution in [0.5, 0.6) is 0 Å². The summed E-state index contributed by atoms with van der Waals surface area (Å²) >= 11 is 0. The van der Waals surface area contributed by atoms with E-state index in [1.807, 2.05) is 6.07 Å². The number of halogens is 1. The first-order valence-electron chi connectivity index (χ1n) is 7.17. The van der Waals surface area contributed by atoms with Gasteiger partial charge in [0.1, 0.15) is 18.0 Å². The molecule has 1 aromatic rings. The first-order chi connectivity index (χ1) is 9.74. The predicted octanol–water partition coefficient (Wildman–Crippen LogP) is 3.73. The molecule has 2 rings (SSSR count). The molecule has 3 nitrogen and oxygen atoms in total. The molecule has 4 heteroatoms. The lowest BCUT2D eigenvalue weighted by Gasteiger charge is -2.30. The summed E-state index contributed by atoms with van der Waals surface area (Å²) in [5.74, 6) is -0.501. The van der Waals surface area contributed by atoms with Crippen LogP contribution in [-0.2, 0) is 9.47 Å². The highest BCUT2D eigenvalue weighted by molar-refractivity contribution is 5.34. The molecule has 0 aromatic heterocycles. The summed E-state index contributed by atoms with van der Waals surface area (Å²) in [6.07, 6.45) is 4.49. The van der Waals surface area contributed by atoms with E-state index in [4.69, 9.17) is 14.7 Å². The van der Waals surface area contributed by atoms with Crippen LogP contribution in [0.4, 0.5) is 4.39 Å². The molecule has 1 saturated heterocycles. The number of hydrogen-bond acceptors (Lipinski definition) is 3. The monoisotopic (exact) mass is 277 g/mol. The molecular formula is C16H20FNO2. The Hall–Kier alpha value is -1.44. The van der Waals surface area contributed by atoms with Crippen LogP contribution in [0.2, 0.25) is 0 Å². The van der Waals surface area contributed by atoms with Gasteiger partial charge in [-0.1, -0.05) is 32.3 Å². The number of unbranched alkanes of at least 4 members (excludes halogenated alkanes) is 2. The number of ether oxygens (including phenoxy) is 2. The summed E-state index contributed by atoms with van der Waals surface area (Å²) in [6, 6.07) is 6.40. The highest BCUT2D eigenvalue weighted by Gasteiger charge is 2.23. The molecule has 108 valence electrons. The molecule has 0 aliphatic carbocycles. The minimum absolute atomic E-state index is 0.0583. The topological polar surface area (TPSA) is 42.2 Å². The van der Waals surface area contributed by atoms with E-state index in [-0.39, 0.29) is 17.8 Å². The maximum Gasteiger partial charge on any atom is 0.141 e. The zero-order valence-corrected chi connectivity index (χ0v) is 11.8. The second-order valence-electron chi connectivity index (χ2n) is 5.12. The lowest BCUT2D eigenvalue weighted by Crippen LogP contribution is -2.31. The normalized spacial score (nSPS) is 22.4. The Bertz CT molecular complexity index is 476. The third-order valence-corrected chi connectivity index (χ3v) is 3.58. The van der Waals surface area contributed by atoms with E-state index in [0.717, 1.165) is 18.4 Å². The van der Waals surface area contributed by atoms with Gasteiger partial charge in [0, 0.05) is 0 Å². The molecule has 0 bridgehead atoms. The van der Waals surface area contributed by atoms with E-state index in [1.165, 1.54) is 25.0 Å². The Morgan fingerprint density at radius 1 is 1.30 bits per heavy atom. The highest BCUT2D eigenvalue weighted by Crippen LogP contribution is 2.26. The lowest BCUT2D eigenvalue weighted by atomic mass is 10.1. The third-order valence-electron chi connectivity index (χ3n) is 3.58. The van der Waals surface area contributed by atoms with E-state index in [0.29, 0.717) is 13.2 Å². The van der Waals surface area contributed by atoms with Crippen molar-refractivity contribution in [3.8, 4) is 6.07 Å². The van der Waals surface area contributed by atoms with Gasteiger partial charge in [-0.05, 0) is 24.1 Å². The van der Waals surface area contributed by atoms with Gasteiger partial charge in [0.2, 0.25) is 0 Å². The SMILES string of the molecule is CCCCC[C@@H]1CO[C@@H](c2ccc(C#N)c(F)c2)CO1. The van der Waals surface area contributed by atoms with Crippen LogP contribution in [0.3, 0.4) is 0 Å². The number of rotatable bonds is 5. The van der Waals surface area contributed by atoms with Crippen molar-refractivity contribution in [3.05, 3.63) is 35.1 Å². The first kappa shape index (κ1) is 15.0. The van der Waals surface area contributed by atoms with Crippen molar-refractivity contribution in [2.24, 2.45) is 0 Å². The Morgan fingerprint density at radius 3 is 2.75 bits per heavy atom. The van der Waals surface area contributed by atoms with Crippen molar-refractivity contribution in [2.45, 2.75) is 44.8 Å². The fourth-order valence-electron chi connectivity index (χ4n) is 2.35. The Kier molecular flexibility index (Phi) is 5.51. The molecule has 2 atom stereocenters.